The maximum atomic E-state index is 13.5. The number of amides is 4. The molecule has 0 radical (unpaired) electrons. The summed E-state index contributed by atoms with van der Waals surface area (Å²) in [6.45, 7) is 8.62. The van der Waals surface area contributed by atoms with Gasteiger partial charge in [0, 0.05) is 64.5 Å². The molecule has 0 aromatic heterocycles. The highest BCUT2D eigenvalue weighted by Crippen LogP contribution is 2.50. The number of hydrogen-bond acceptors (Lipinski definition) is 11. The number of hydrogen-bond donors (Lipinski definition) is 2. The van der Waals surface area contributed by atoms with Gasteiger partial charge in [0.15, 0.2) is 0 Å². The van der Waals surface area contributed by atoms with Crippen molar-refractivity contribution >= 4 is 58.9 Å². The molecule has 4 aromatic rings. The monoisotopic (exact) mass is 904 g/mol. The van der Waals surface area contributed by atoms with Crippen LogP contribution in [-0.2, 0) is 19.2 Å². The second-order valence-electron chi connectivity index (χ2n) is 16.2. The largest absolute Gasteiger partial charge is 0.387 e. The standard InChI is InChI=1S/C48H52N6O10S/c1-31(2)35-9-5-7-11-37(35)45-33(15-19-41(57)49-21-25-51(26-22-49)43(59)29-55)13-17-39(47(45)53(61)62)65-40-18-14-34(16-20-42(58)50-23-27-52(28-24-50)44(60)30-56)46(48(40)54(63)64)38-12-8-6-10-36(38)32(3)4/h5-20,31-32,55-56H,21-30H2,1-4H3. The van der Waals surface area contributed by atoms with Crippen molar-refractivity contribution in [3.8, 4) is 22.3 Å². The molecule has 2 heterocycles. The van der Waals surface area contributed by atoms with Crippen molar-refractivity contribution in [3.63, 3.8) is 0 Å². The van der Waals surface area contributed by atoms with Gasteiger partial charge >= 0.3 is 0 Å². The van der Waals surface area contributed by atoms with E-state index < -0.39 is 34.9 Å². The number of rotatable bonds is 14. The molecule has 0 unspecified atom stereocenters. The molecule has 17 heteroatoms. The van der Waals surface area contributed by atoms with E-state index in [1.165, 1.54) is 46.2 Å². The van der Waals surface area contributed by atoms with Gasteiger partial charge in [-0.2, -0.15) is 0 Å². The van der Waals surface area contributed by atoms with Crippen LogP contribution in [0.25, 0.3) is 34.4 Å². The number of piperazine rings is 2. The van der Waals surface area contributed by atoms with Crippen LogP contribution >= 0.6 is 11.8 Å². The zero-order chi connectivity index (χ0) is 46.9. The Morgan fingerprint density at radius 3 is 1.23 bits per heavy atom. The van der Waals surface area contributed by atoms with Gasteiger partial charge in [-0.05, 0) is 69.5 Å². The van der Waals surface area contributed by atoms with E-state index in [4.69, 9.17) is 0 Å². The Kier molecular flexibility index (Phi) is 15.7. The number of aliphatic hydroxyl groups is 2. The molecule has 16 nitrogen and oxygen atoms in total. The van der Waals surface area contributed by atoms with E-state index in [1.807, 2.05) is 52.0 Å². The summed E-state index contributed by atoms with van der Waals surface area (Å²) in [7, 11) is 0. The molecule has 0 saturated carbocycles. The smallest absolute Gasteiger partial charge is 0.291 e. The van der Waals surface area contributed by atoms with Crippen LogP contribution in [0.3, 0.4) is 0 Å². The van der Waals surface area contributed by atoms with Crippen LogP contribution in [0.15, 0.2) is 94.7 Å². The fourth-order valence-corrected chi connectivity index (χ4v) is 9.26. The highest BCUT2D eigenvalue weighted by molar-refractivity contribution is 7.99. The topological polar surface area (TPSA) is 208 Å². The number of nitro groups is 2. The summed E-state index contributed by atoms with van der Waals surface area (Å²) >= 11 is 0.882. The van der Waals surface area contributed by atoms with Crippen molar-refractivity contribution in [3.05, 3.63) is 127 Å². The summed E-state index contributed by atoms with van der Waals surface area (Å²) in [6.07, 6.45) is 5.74. The van der Waals surface area contributed by atoms with Crippen LogP contribution in [0.1, 0.15) is 61.8 Å². The third kappa shape index (κ3) is 10.8. The molecule has 2 aliphatic heterocycles. The lowest BCUT2D eigenvalue weighted by atomic mass is 9.89. The Morgan fingerprint density at radius 1 is 0.569 bits per heavy atom. The zero-order valence-electron chi connectivity index (χ0n) is 36.7. The van der Waals surface area contributed by atoms with Crippen LogP contribution < -0.4 is 0 Å². The number of nitrogens with zero attached hydrogens (tertiary/aromatic N) is 6. The third-order valence-corrected chi connectivity index (χ3v) is 12.7. The second-order valence-corrected chi connectivity index (χ2v) is 17.3. The molecule has 2 aliphatic rings. The molecule has 2 fully saturated rings. The SMILES string of the molecule is CC(C)c1ccccc1-c1c(C=CC(=O)N2CCN(C(=O)CO)CC2)ccc(Sc2ccc(C=CC(=O)N3CCN(C(=O)CO)CC3)c(-c3ccccc3C(C)C)c2[N+](=O)[O-])c1[N+](=O)[O-]. The Morgan fingerprint density at radius 2 is 0.908 bits per heavy atom. The quantitative estimate of drug-likeness (QED) is 0.0784. The Labute approximate surface area is 381 Å². The first kappa shape index (κ1) is 47.8. The van der Waals surface area contributed by atoms with Gasteiger partial charge in [0.2, 0.25) is 23.6 Å². The molecule has 0 aliphatic carbocycles. The minimum Gasteiger partial charge on any atom is -0.387 e. The van der Waals surface area contributed by atoms with Gasteiger partial charge in [-0.25, -0.2) is 0 Å². The van der Waals surface area contributed by atoms with Crippen molar-refractivity contribution in [2.24, 2.45) is 0 Å². The fraction of sp³-hybridized carbons (Fsp3) is 0.333. The number of carbonyl (C=O) groups is 4. The van der Waals surface area contributed by atoms with Crippen molar-refractivity contribution in [1.82, 2.24) is 19.6 Å². The molecule has 4 aromatic carbocycles. The lowest BCUT2D eigenvalue weighted by molar-refractivity contribution is -0.387. The fourth-order valence-electron chi connectivity index (χ4n) is 8.21. The first-order valence-electron chi connectivity index (χ1n) is 21.4. The average molecular weight is 905 g/mol. The van der Waals surface area contributed by atoms with Gasteiger partial charge in [0.1, 0.15) is 13.2 Å². The second kappa shape index (κ2) is 21.3. The number of aliphatic hydroxyl groups excluding tert-OH is 2. The first-order valence-corrected chi connectivity index (χ1v) is 22.2. The van der Waals surface area contributed by atoms with Crippen molar-refractivity contribution in [2.75, 3.05) is 65.6 Å². The summed E-state index contributed by atoms with van der Waals surface area (Å²) < 4.78 is 0. The molecule has 2 saturated heterocycles. The third-order valence-electron chi connectivity index (χ3n) is 11.6. The van der Waals surface area contributed by atoms with E-state index in [1.54, 1.807) is 46.2 Å². The molecule has 0 spiro atoms. The highest BCUT2D eigenvalue weighted by Gasteiger charge is 2.32. The van der Waals surface area contributed by atoms with Crippen LogP contribution in [0, 0.1) is 20.2 Å². The van der Waals surface area contributed by atoms with Gasteiger partial charge in [-0.15, -0.1) is 0 Å². The van der Waals surface area contributed by atoms with Crippen molar-refractivity contribution in [1.29, 1.82) is 0 Å². The Hall–Kier alpha value is -6.69. The lowest BCUT2D eigenvalue weighted by Gasteiger charge is -2.33. The lowest BCUT2D eigenvalue weighted by Crippen LogP contribution is -2.50. The minimum absolute atomic E-state index is 0.0595. The average Bonchev–Trinajstić information content (AvgIpc) is 3.31. The molecule has 340 valence electrons. The number of carbonyl (C=O) groups excluding carboxylic acids is 4. The highest BCUT2D eigenvalue weighted by atomic mass is 32.2. The van der Waals surface area contributed by atoms with Gasteiger partial charge < -0.3 is 29.8 Å². The maximum Gasteiger partial charge on any atom is 0.291 e. The van der Waals surface area contributed by atoms with E-state index in [-0.39, 0.29) is 108 Å². The maximum absolute atomic E-state index is 13.5. The summed E-state index contributed by atoms with van der Waals surface area (Å²) in [4.78, 5) is 83.0. The van der Waals surface area contributed by atoms with Crippen molar-refractivity contribution in [2.45, 2.75) is 49.3 Å². The van der Waals surface area contributed by atoms with E-state index in [0.717, 1.165) is 22.9 Å². The van der Waals surface area contributed by atoms with Crippen LogP contribution in [0.5, 0.6) is 0 Å². The minimum atomic E-state index is -0.620. The molecule has 0 atom stereocenters. The van der Waals surface area contributed by atoms with E-state index in [2.05, 4.69) is 0 Å². The molecule has 4 amide bonds. The predicted molar refractivity (Wildman–Crippen MR) is 248 cm³/mol. The first-order chi connectivity index (χ1) is 31.1. The van der Waals surface area contributed by atoms with Crippen molar-refractivity contribution < 1.29 is 39.2 Å². The summed E-state index contributed by atoms with van der Waals surface area (Å²) in [5.74, 6) is -1.68. The predicted octanol–water partition coefficient (Wildman–Crippen LogP) is 6.59. The van der Waals surface area contributed by atoms with Crippen LogP contribution in [-0.4, -0.2) is 129 Å². The van der Waals surface area contributed by atoms with Gasteiger partial charge in [0.25, 0.3) is 11.4 Å². The Balaban J connectivity index is 1.46. The van der Waals surface area contributed by atoms with E-state index in [0.29, 0.717) is 22.3 Å². The summed E-state index contributed by atoms with van der Waals surface area (Å²) in [6, 6.07) is 20.9. The van der Waals surface area contributed by atoms with E-state index in [9.17, 15) is 49.6 Å². The molecule has 2 N–H and O–H groups in total. The van der Waals surface area contributed by atoms with Gasteiger partial charge in [0.05, 0.1) is 30.8 Å². The molecular weight excluding hydrogens is 853 g/mol. The normalized spacial score (nSPS) is 14.5. The Bertz CT molecular complexity index is 2370. The summed E-state index contributed by atoms with van der Waals surface area (Å²) in [5, 5.41) is 45.3. The van der Waals surface area contributed by atoms with Crippen LogP contribution in [0.4, 0.5) is 11.4 Å². The molecular formula is C48H52N6O10S. The van der Waals surface area contributed by atoms with E-state index >= 15 is 0 Å². The van der Waals surface area contributed by atoms with Gasteiger partial charge in [-0.3, -0.25) is 39.4 Å². The number of nitro benzene ring substituents is 2. The zero-order valence-corrected chi connectivity index (χ0v) is 37.5. The molecule has 65 heavy (non-hydrogen) atoms. The summed E-state index contributed by atoms with van der Waals surface area (Å²) in [5.41, 5.74) is 3.37. The van der Waals surface area contributed by atoms with Gasteiger partial charge in [-0.1, -0.05) is 100 Å². The number of benzene rings is 4. The molecule has 6 rings (SSSR count). The van der Waals surface area contributed by atoms with Crippen LogP contribution in [0.2, 0.25) is 0 Å². The molecule has 0 bridgehead atoms.